The van der Waals surface area contributed by atoms with Crippen LogP contribution in [0, 0.1) is 11.8 Å². The van der Waals surface area contributed by atoms with E-state index in [4.69, 9.17) is 5.11 Å². The molecule has 2 heterocycles. The largest absolute Gasteiger partial charge is 0.481 e. The van der Waals surface area contributed by atoms with Gasteiger partial charge in [-0.15, -0.1) is 0 Å². The quantitative estimate of drug-likeness (QED) is 0.360. The van der Waals surface area contributed by atoms with Crippen LogP contribution in [0.2, 0.25) is 0 Å². The number of hydrogen-bond donors (Lipinski definition) is 2. The van der Waals surface area contributed by atoms with Gasteiger partial charge in [-0.1, -0.05) is 43.6 Å². The Hall–Kier alpha value is -3.14. The summed E-state index contributed by atoms with van der Waals surface area (Å²) in [6, 6.07) is 4.86. The molecule has 1 saturated heterocycles. The average molecular weight is 424 g/mol. The predicted molar refractivity (Wildman–Crippen MR) is 114 cm³/mol. The number of hydrogen-bond acceptors (Lipinski definition) is 4. The smallest absolute Gasteiger partial charge is 0.303 e. The molecule has 2 N–H and O–H groups in total. The van der Waals surface area contributed by atoms with Crippen molar-refractivity contribution in [2.75, 3.05) is 0 Å². The molecule has 1 fully saturated rings. The first kappa shape index (κ1) is 22.5. The molecule has 31 heavy (non-hydrogen) atoms. The van der Waals surface area contributed by atoms with E-state index in [-0.39, 0.29) is 24.7 Å². The molecule has 1 aromatic carbocycles. The van der Waals surface area contributed by atoms with Crippen molar-refractivity contribution in [2.45, 2.75) is 76.8 Å². The maximum Gasteiger partial charge on any atom is 0.303 e. The predicted octanol–water partition coefficient (Wildman–Crippen LogP) is 3.00. The average Bonchev–Trinajstić information content (AvgIpc) is 3.06. The Balaban J connectivity index is 1.49. The SMILES string of the molecule is O=C(O)CCCCCCCCC#Cc1cccc2c1CN(C1CCC(=O)NC1=O)C2=O. The number of nitrogens with one attached hydrogen (secondary N) is 1. The first-order valence-corrected chi connectivity index (χ1v) is 10.9. The zero-order valence-electron chi connectivity index (χ0n) is 17.6. The molecule has 164 valence electrons. The first-order valence-electron chi connectivity index (χ1n) is 10.9. The second kappa shape index (κ2) is 10.8. The second-order valence-corrected chi connectivity index (χ2v) is 8.05. The Labute approximate surface area is 182 Å². The van der Waals surface area contributed by atoms with Crippen LogP contribution in [-0.2, 0) is 20.9 Å². The first-order chi connectivity index (χ1) is 15.0. The zero-order chi connectivity index (χ0) is 22.2. The minimum absolute atomic E-state index is 0.184. The molecule has 0 spiro atoms. The number of carboxylic acid groups (broad SMARTS) is 1. The lowest BCUT2D eigenvalue weighted by Gasteiger charge is -2.29. The highest BCUT2D eigenvalue weighted by Gasteiger charge is 2.39. The Morgan fingerprint density at radius 2 is 1.84 bits per heavy atom. The summed E-state index contributed by atoms with van der Waals surface area (Å²) in [5.41, 5.74) is 2.25. The number of carbonyl (C=O) groups excluding carboxylic acids is 3. The lowest BCUT2D eigenvalue weighted by atomic mass is 10.0. The number of amides is 3. The van der Waals surface area contributed by atoms with E-state index in [9.17, 15) is 19.2 Å². The zero-order valence-corrected chi connectivity index (χ0v) is 17.6. The number of rotatable bonds is 9. The van der Waals surface area contributed by atoms with E-state index in [1.54, 1.807) is 11.0 Å². The van der Waals surface area contributed by atoms with Crippen molar-refractivity contribution >= 4 is 23.7 Å². The van der Waals surface area contributed by atoms with Crippen LogP contribution >= 0.6 is 0 Å². The Morgan fingerprint density at radius 3 is 2.58 bits per heavy atom. The number of piperidine rings is 1. The van der Waals surface area contributed by atoms with Crippen LogP contribution < -0.4 is 5.32 Å². The third-order valence-electron chi connectivity index (χ3n) is 5.75. The molecule has 0 aliphatic carbocycles. The normalized spacial score (nSPS) is 17.7. The van der Waals surface area contributed by atoms with E-state index >= 15 is 0 Å². The number of imide groups is 1. The Kier molecular flexibility index (Phi) is 7.82. The minimum atomic E-state index is -0.732. The van der Waals surface area contributed by atoms with Gasteiger partial charge in [-0.2, -0.15) is 0 Å². The molecule has 0 radical (unpaired) electrons. The topological polar surface area (TPSA) is 104 Å². The van der Waals surface area contributed by atoms with Gasteiger partial charge in [-0.05, 0) is 37.0 Å². The van der Waals surface area contributed by atoms with Crippen molar-refractivity contribution in [1.29, 1.82) is 0 Å². The third-order valence-corrected chi connectivity index (χ3v) is 5.75. The number of unbranched alkanes of at least 4 members (excludes halogenated alkanes) is 6. The van der Waals surface area contributed by atoms with Crippen LogP contribution in [-0.4, -0.2) is 39.7 Å². The fraction of sp³-hybridized carbons (Fsp3) is 0.500. The Morgan fingerprint density at radius 1 is 1.10 bits per heavy atom. The molecule has 1 aromatic rings. The van der Waals surface area contributed by atoms with Gasteiger partial charge in [0.05, 0.1) is 0 Å². The van der Waals surface area contributed by atoms with E-state index < -0.39 is 17.9 Å². The van der Waals surface area contributed by atoms with Crippen LogP contribution in [0.1, 0.15) is 85.7 Å². The molecule has 3 amide bonds. The number of aliphatic carboxylic acids is 1. The van der Waals surface area contributed by atoms with Gasteiger partial charge in [0.1, 0.15) is 6.04 Å². The maximum absolute atomic E-state index is 12.8. The summed E-state index contributed by atoms with van der Waals surface area (Å²) in [6.45, 7) is 0.335. The highest BCUT2D eigenvalue weighted by atomic mass is 16.4. The van der Waals surface area contributed by atoms with Gasteiger partial charge in [0.25, 0.3) is 5.91 Å². The molecule has 2 aliphatic rings. The highest BCUT2D eigenvalue weighted by molar-refractivity contribution is 6.05. The fourth-order valence-electron chi connectivity index (χ4n) is 4.06. The van der Waals surface area contributed by atoms with Crippen molar-refractivity contribution in [3.8, 4) is 11.8 Å². The molecule has 3 rings (SSSR count). The molecule has 0 saturated carbocycles. The van der Waals surface area contributed by atoms with Gasteiger partial charge in [0.15, 0.2) is 0 Å². The van der Waals surface area contributed by atoms with Crippen molar-refractivity contribution in [3.05, 3.63) is 34.9 Å². The Bertz CT molecular complexity index is 928. The molecule has 0 aromatic heterocycles. The van der Waals surface area contributed by atoms with E-state index in [2.05, 4.69) is 17.2 Å². The standard InChI is InChI=1S/C24H28N2O5/c27-21-15-14-20(23(30)25-21)26-16-19-17(11-9-12-18(19)24(26)31)10-7-5-3-1-2-4-6-8-13-22(28)29/h9,11-12,20H,1-6,8,13-16H2,(H,28,29)(H,25,27,30). The van der Waals surface area contributed by atoms with Crippen molar-refractivity contribution in [2.24, 2.45) is 0 Å². The van der Waals surface area contributed by atoms with E-state index in [0.717, 1.165) is 56.1 Å². The molecule has 2 aliphatic heterocycles. The van der Waals surface area contributed by atoms with Crippen molar-refractivity contribution < 1.29 is 24.3 Å². The molecule has 1 unspecified atom stereocenters. The number of nitrogens with zero attached hydrogens (tertiary/aromatic N) is 1. The molecule has 7 heteroatoms. The van der Waals surface area contributed by atoms with Crippen LogP contribution in [0.5, 0.6) is 0 Å². The molecule has 7 nitrogen and oxygen atoms in total. The summed E-state index contributed by atoms with van der Waals surface area (Å²) in [5.74, 6) is 4.75. The number of fused-ring (bicyclic) bond motifs is 1. The lowest BCUT2D eigenvalue weighted by molar-refractivity contribution is -0.138. The van der Waals surface area contributed by atoms with Crippen LogP contribution in [0.25, 0.3) is 0 Å². The lowest BCUT2D eigenvalue weighted by Crippen LogP contribution is -2.52. The second-order valence-electron chi connectivity index (χ2n) is 8.05. The van der Waals surface area contributed by atoms with E-state index in [0.29, 0.717) is 18.5 Å². The van der Waals surface area contributed by atoms with E-state index in [1.165, 1.54) is 0 Å². The molecule has 1 atom stereocenters. The van der Waals surface area contributed by atoms with Gasteiger partial charge in [0.2, 0.25) is 11.8 Å². The summed E-state index contributed by atoms with van der Waals surface area (Å²) >= 11 is 0. The van der Waals surface area contributed by atoms with Crippen molar-refractivity contribution in [3.63, 3.8) is 0 Å². The maximum atomic E-state index is 12.8. The molecule has 0 bridgehead atoms. The summed E-state index contributed by atoms with van der Waals surface area (Å²) < 4.78 is 0. The summed E-state index contributed by atoms with van der Waals surface area (Å²) in [6.07, 6.45) is 7.47. The third kappa shape index (κ3) is 5.94. The van der Waals surface area contributed by atoms with Gasteiger partial charge >= 0.3 is 5.97 Å². The van der Waals surface area contributed by atoms with E-state index in [1.807, 2.05) is 12.1 Å². The monoisotopic (exact) mass is 424 g/mol. The highest BCUT2D eigenvalue weighted by Crippen LogP contribution is 2.29. The number of carbonyl (C=O) groups is 4. The van der Waals surface area contributed by atoms with Crippen LogP contribution in [0.15, 0.2) is 18.2 Å². The van der Waals surface area contributed by atoms with Gasteiger partial charge < -0.3 is 10.0 Å². The van der Waals surface area contributed by atoms with Crippen LogP contribution in [0.4, 0.5) is 0 Å². The van der Waals surface area contributed by atoms with Crippen molar-refractivity contribution in [1.82, 2.24) is 10.2 Å². The van der Waals surface area contributed by atoms with Gasteiger partial charge in [-0.3, -0.25) is 24.5 Å². The summed E-state index contributed by atoms with van der Waals surface area (Å²) in [5, 5.41) is 10.9. The molecular weight excluding hydrogens is 396 g/mol. The summed E-state index contributed by atoms with van der Waals surface area (Å²) in [4.78, 5) is 48.4. The van der Waals surface area contributed by atoms with Gasteiger partial charge in [0, 0.05) is 36.9 Å². The molecular formula is C24H28N2O5. The fourth-order valence-corrected chi connectivity index (χ4v) is 4.06. The number of carboxylic acids is 1. The van der Waals surface area contributed by atoms with Crippen LogP contribution in [0.3, 0.4) is 0 Å². The summed E-state index contributed by atoms with van der Waals surface area (Å²) in [7, 11) is 0. The number of benzene rings is 1. The minimum Gasteiger partial charge on any atom is -0.481 e. The van der Waals surface area contributed by atoms with Gasteiger partial charge in [-0.25, -0.2) is 0 Å².